The van der Waals surface area contributed by atoms with Gasteiger partial charge in [0, 0.05) is 11.6 Å². The molecule has 0 fully saturated rings. The molecule has 1 heterocycles. The fourth-order valence-electron chi connectivity index (χ4n) is 1.90. The van der Waals surface area contributed by atoms with Crippen molar-refractivity contribution < 1.29 is 9.59 Å². The highest BCUT2D eigenvalue weighted by Crippen LogP contribution is 2.24. The Morgan fingerprint density at radius 1 is 1.19 bits per heavy atom. The Kier molecular flexibility index (Phi) is 3.77. The molecule has 21 heavy (non-hydrogen) atoms. The topological polar surface area (TPSA) is 123 Å². The molecule has 0 aliphatic heterocycles. The monoisotopic (exact) mass is 287 g/mol. The third kappa shape index (κ3) is 2.77. The van der Waals surface area contributed by atoms with Crippen LogP contribution in [0.2, 0.25) is 0 Å². The van der Waals surface area contributed by atoms with Crippen LogP contribution < -0.4 is 22.3 Å². The number of nitrogens with two attached hydrogens (primary N) is 2. The van der Waals surface area contributed by atoms with Crippen LogP contribution >= 0.6 is 0 Å². The Balaban J connectivity index is 2.48. The van der Waals surface area contributed by atoms with E-state index < -0.39 is 17.4 Å². The maximum absolute atomic E-state index is 12.4. The number of hydrogen-bond donors (Lipinski definition) is 4. The molecule has 2 aromatic rings. The summed E-state index contributed by atoms with van der Waals surface area (Å²) in [5.41, 5.74) is 6.94. The van der Waals surface area contributed by atoms with Crippen LogP contribution in [0, 0.1) is 0 Å². The van der Waals surface area contributed by atoms with Crippen molar-refractivity contribution in [2.24, 2.45) is 11.6 Å². The second kappa shape index (κ2) is 5.37. The zero-order chi connectivity index (χ0) is 15.6. The van der Waals surface area contributed by atoms with Crippen LogP contribution in [0.3, 0.4) is 0 Å². The molecule has 0 aliphatic rings. The van der Waals surface area contributed by atoms with E-state index in [0.717, 1.165) is 0 Å². The molecule has 2 rings (SSSR count). The molecule has 0 bridgehead atoms. The van der Waals surface area contributed by atoms with E-state index in [1.165, 1.54) is 6.20 Å². The highest BCUT2D eigenvalue weighted by Gasteiger charge is 2.28. The van der Waals surface area contributed by atoms with E-state index in [9.17, 15) is 9.59 Å². The van der Waals surface area contributed by atoms with Gasteiger partial charge in [0.25, 0.3) is 5.91 Å². The number of nitrogens with zero attached hydrogens (tertiary/aromatic N) is 1. The van der Waals surface area contributed by atoms with Crippen molar-refractivity contribution in [1.29, 1.82) is 0 Å². The smallest absolute Gasteiger partial charge is 0.254 e. The van der Waals surface area contributed by atoms with Crippen LogP contribution in [0.15, 0.2) is 30.5 Å². The number of aromatic nitrogens is 1. The fraction of sp³-hybridized carbons (Fsp3) is 0.214. The summed E-state index contributed by atoms with van der Waals surface area (Å²) in [6.45, 7) is 3.08. The Labute approximate surface area is 121 Å². The maximum Gasteiger partial charge on any atom is 0.254 e. The first kappa shape index (κ1) is 14.7. The van der Waals surface area contributed by atoms with Crippen LogP contribution in [0.4, 0.5) is 5.82 Å². The predicted molar refractivity (Wildman–Crippen MR) is 80.3 cm³/mol. The van der Waals surface area contributed by atoms with Crippen molar-refractivity contribution in [3.05, 3.63) is 36.0 Å². The first-order valence-electron chi connectivity index (χ1n) is 6.33. The number of rotatable bonds is 4. The first-order chi connectivity index (χ1) is 9.86. The van der Waals surface area contributed by atoms with Crippen LogP contribution in [-0.4, -0.2) is 22.3 Å². The van der Waals surface area contributed by atoms with Gasteiger partial charge in [0.05, 0.1) is 5.56 Å². The summed E-state index contributed by atoms with van der Waals surface area (Å²) >= 11 is 0. The van der Waals surface area contributed by atoms with Gasteiger partial charge in [-0.15, -0.1) is 0 Å². The number of hydrogen-bond acceptors (Lipinski definition) is 5. The van der Waals surface area contributed by atoms with Crippen molar-refractivity contribution in [2.45, 2.75) is 19.4 Å². The lowest BCUT2D eigenvalue weighted by Crippen LogP contribution is -2.53. The van der Waals surface area contributed by atoms with Crippen LogP contribution in [-0.2, 0) is 4.79 Å². The van der Waals surface area contributed by atoms with Gasteiger partial charge in [0.15, 0.2) is 0 Å². The number of nitrogen functional groups attached to an aromatic ring is 1. The Morgan fingerprint density at radius 3 is 2.38 bits per heavy atom. The van der Waals surface area contributed by atoms with Crippen molar-refractivity contribution in [3.63, 3.8) is 0 Å². The highest BCUT2D eigenvalue weighted by atomic mass is 16.2. The second-order valence-corrected chi connectivity index (χ2v) is 5.15. The lowest BCUT2D eigenvalue weighted by atomic mass is 10.0. The normalized spacial score (nSPS) is 11.2. The zero-order valence-corrected chi connectivity index (χ0v) is 11.8. The lowest BCUT2D eigenvalue weighted by Gasteiger charge is -2.22. The van der Waals surface area contributed by atoms with E-state index >= 15 is 0 Å². The molecule has 0 radical (unpaired) electrons. The minimum Gasteiger partial charge on any atom is -0.368 e. The molecule has 7 heteroatoms. The van der Waals surface area contributed by atoms with Gasteiger partial charge in [0.1, 0.15) is 11.4 Å². The standard InChI is InChI=1S/C14H17N5O2/c1-14(2,13(15)21)18-12(20)10-7-17-11(19-16)9-6-4-3-5-8(9)10/h3-7H,16H2,1-2H3,(H2,15,21)(H,17,19)(H,18,20). The van der Waals surface area contributed by atoms with Crippen LogP contribution in [0.5, 0.6) is 0 Å². The minimum atomic E-state index is -1.15. The van der Waals surface area contributed by atoms with Gasteiger partial charge in [-0.25, -0.2) is 10.8 Å². The molecule has 0 spiro atoms. The Bertz CT molecular complexity index is 712. The zero-order valence-electron chi connectivity index (χ0n) is 11.8. The van der Waals surface area contributed by atoms with E-state index in [4.69, 9.17) is 11.6 Å². The molecule has 0 unspecified atom stereocenters. The molecule has 0 saturated carbocycles. The van der Waals surface area contributed by atoms with E-state index in [0.29, 0.717) is 22.2 Å². The number of carbonyl (C=O) groups is 2. The quantitative estimate of drug-likeness (QED) is 0.482. The summed E-state index contributed by atoms with van der Waals surface area (Å²) in [6.07, 6.45) is 1.41. The van der Waals surface area contributed by atoms with Crippen molar-refractivity contribution in [3.8, 4) is 0 Å². The SMILES string of the molecule is CC(C)(NC(=O)c1cnc(NN)c2ccccc12)C(N)=O. The van der Waals surface area contributed by atoms with Gasteiger partial charge in [-0.3, -0.25) is 9.59 Å². The number of benzene rings is 1. The Morgan fingerprint density at radius 2 is 1.81 bits per heavy atom. The molecule has 0 aliphatic carbocycles. The van der Waals surface area contributed by atoms with E-state index in [2.05, 4.69) is 15.7 Å². The van der Waals surface area contributed by atoms with Crippen molar-refractivity contribution in [2.75, 3.05) is 5.43 Å². The van der Waals surface area contributed by atoms with Crippen molar-refractivity contribution in [1.82, 2.24) is 10.3 Å². The Hall–Kier alpha value is -2.67. The number of carbonyl (C=O) groups excluding carboxylic acids is 2. The molecular formula is C14H17N5O2. The number of amides is 2. The number of anilines is 1. The summed E-state index contributed by atoms with van der Waals surface area (Å²) in [4.78, 5) is 27.8. The highest BCUT2D eigenvalue weighted by molar-refractivity contribution is 6.10. The minimum absolute atomic E-state index is 0.346. The van der Waals surface area contributed by atoms with Gasteiger partial charge in [-0.2, -0.15) is 0 Å². The molecule has 0 atom stereocenters. The predicted octanol–water partition coefficient (Wildman–Crippen LogP) is 0.514. The van der Waals surface area contributed by atoms with Gasteiger partial charge in [-0.05, 0) is 19.2 Å². The molecule has 6 N–H and O–H groups in total. The number of hydrazine groups is 1. The number of fused-ring (bicyclic) bond motifs is 1. The first-order valence-corrected chi connectivity index (χ1v) is 6.33. The fourth-order valence-corrected chi connectivity index (χ4v) is 1.90. The molecule has 0 saturated heterocycles. The number of pyridine rings is 1. The number of primary amides is 1. The van der Waals surface area contributed by atoms with Gasteiger partial charge < -0.3 is 16.5 Å². The molecule has 1 aromatic carbocycles. The van der Waals surface area contributed by atoms with Gasteiger partial charge in [-0.1, -0.05) is 24.3 Å². The largest absolute Gasteiger partial charge is 0.368 e. The molecular weight excluding hydrogens is 270 g/mol. The summed E-state index contributed by atoms with van der Waals surface area (Å²) < 4.78 is 0. The summed E-state index contributed by atoms with van der Waals surface area (Å²) in [6, 6.07) is 7.20. The molecule has 2 amide bonds. The van der Waals surface area contributed by atoms with E-state index in [-0.39, 0.29) is 0 Å². The molecule has 7 nitrogen and oxygen atoms in total. The lowest BCUT2D eigenvalue weighted by molar-refractivity contribution is -0.122. The third-order valence-corrected chi connectivity index (χ3v) is 3.22. The second-order valence-electron chi connectivity index (χ2n) is 5.15. The van der Waals surface area contributed by atoms with Gasteiger partial charge in [0.2, 0.25) is 5.91 Å². The van der Waals surface area contributed by atoms with Crippen molar-refractivity contribution >= 4 is 28.4 Å². The molecule has 110 valence electrons. The van der Waals surface area contributed by atoms with E-state index in [1.807, 2.05) is 6.07 Å². The maximum atomic E-state index is 12.4. The van der Waals surface area contributed by atoms with Gasteiger partial charge >= 0.3 is 0 Å². The van der Waals surface area contributed by atoms with Crippen LogP contribution in [0.25, 0.3) is 10.8 Å². The van der Waals surface area contributed by atoms with Crippen LogP contribution in [0.1, 0.15) is 24.2 Å². The summed E-state index contributed by atoms with van der Waals surface area (Å²) in [7, 11) is 0. The summed E-state index contributed by atoms with van der Waals surface area (Å²) in [5.74, 6) is 4.84. The molecule has 1 aromatic heterocycles. The summed E-state index contributed by atoms with van der Waals surface area (Å²) in [5, 5.41) is 3.99. The number of nitrogens with one attached hydrogen (secondary N) is 2. The third-order valence-electron chi connectivity index (χ3n) is 3.22. The van der Waals surface area contributed by atoms with E-state index in [1.54, 1.807) is 32.0 Å². The average molecular weight is 287 g/mol. The average Bonchev–Trinajstić information content (AvgIpc) is 2.45.